The van der Waals surface area contributed by atoms with E-state index in [1.54, 1.807) is 18.2 Å². The Morgan fingerprint density at radius 2 is 1.85 bits per heavy atom. The third kappa shape index (κ3) is 12.9. The molecule has 0 saturated carbocycles. The number of nitrogens with one attached hydrogen (secondary N) is 1. The molecule has 1 aromatic rings. The molecular formula is C16H23BCl2N2O5. The van der Waals surface area contributed by atoms with Gasteiger partial charge in [-0.2, -0.15) is 9.59 Å². The highest BCUT2D eigenvalue weighted by atomic mass is 35.5. The Morgan fingerprint density at radius 1 is 1.19 bits per heavy atom. The molecule has 0 heterocycles. The van der Waals surface area contributed by atoms with Gasteiger partial charge in [-0.3, -0.25) is 4.79 Å². The second-order valence-corrected chi connectivity index (χ2v) is 6.49. The van der Waals surface area contributed by atoms with Gasteiger partial charge in [0.25, 0.3) is 0 Å². The molecule has 1 atom stereocenters. The summed E-state index contributed by atoms with van der Waals surface area (Å²) in [4.78, 5) is 28.1. The van der Waals surface area contributed by atoms with E-state index in [2.05, 4.69) is 5.32 Å². The molecule has 0 aliphatic carbocycles. The summed E-state index contributed by atoms with van der Waals surface area (Å²) in [6, 6.07) is 5.13. The third-order valence-electron chi connectivity index (χ3n) is 3.47. The highest BCUT2D eigenvalue weighted by Gasteiger charge is 2.09. The van der Waals surface area contributed by atoms with Gasteiger partial charge in [0, 0.05) is 12.6 Å². The minimum Gasteiger partial charge on any atom is -0.427 e. The number of hydrogen-bond acceptors (Lipinski definition) is 6. The third-order valence-corrected chi connectivity index (χ3v) is 4.21. The van der Waals surface area contributed by atoms with Gasteiger partial charge in [0.05, 0.1) is 16.5 Å². The zero-order valence-corrected chi connectivity index (χ0v) is 15.8. The number of halogens is 2. The molecule has 7 nitrogen and oxygen atoms in total. The average Bonchev–Trinajstić information content (AvgIpc) is 2.55. The number of amides is 1. The van der Waals surface area contributed by atoms with Crippen molar-refractivity contribution in [3.05, 3.63) is 33.8 Å². The van der Waals surface area contributed by atoms with Crippen molar-refractivity contribution in [2.24, 2.45) is 5.73 Å². The van der Waals surface area contributed by atoms with Gasteiger partial charge in [-0.25, -0.2) is 0 Å². The molecule has 1 amide bonds. The van der Waals surface area contributed by atoms with Crippen LogP contribution in [0.3, 0.4) is 0 Å². The van der Waals surface area contributed by atoms with Gasteiger partial charge in [0.1, 0.15) is 0 Å². The number of nitrogens with two attached hydrogens (primary N) is 1. The second-order valence-electron chi connectivity index (χ2n) is 5.67. The van der Waals surface area contributed by atoms with Crippen LogP contribution in [0.15, 0.2) is 18.2 Å². The number of benzene rings is 1. The zero-order chi connectivity index (χ0) is 19.9. The van der Waals surface area contributed by atoms with Gasteiger partial charge >= 0.3 is 13.3 Å². The molecule has 0 aliphatic rings. The Morgan fingerprint density at radius 3 is 2.42 bits per heavy atom. The zero-order valence-electron chi connectivity index (χ0n) is 14.3. The van der Waals surface area contributed by atoms with Gasteiger partial charge < -0.3 is 21.1 Å². The first kappa shape index (κ1) is 24.6. The van der Waals surface area contributed by atoms with Gasteiger partial charge in [0.2, 0.25) is 5.91 Å². The molecule has 0 fully saturated rings. The van der Waals surface area contributed by atoms with Crippen molar-refractivity contribution >= 4 is 42.4 Å². The van der Waals surface area contributed by atoms with Gasteiger partial charge in [0.15, 0.2) is 0 Å². The fraction of sp³-hybridized carbons (Fsp3) is 0.500. The van der Waals surface area contributed by atoms with Crippen LogP contribution in [0.5, 0.6) is 0 Å². The number of hydrogen-bond donors (Lipinski definition) is 4. The monoisotopic (exact) mass is 404 g/mol. The fourth-order valence-electron chi connectivity index (χ4n) is 2.17. The van der Waals surface area contributed by atoms with Crippen molar-refractivity contribution < 1.29 is 24.4 Å². The lowest BCUT2D eigenvalue weighted by Gasteiger charge is -2.12. The standard InChI is InChI=1S/C15H23BCl2N2O3.CO2/c17-13-5-4-11(9-14(13)18)10-15(21)20-8-6-12(19)3-1-2-7-16(22)23;2-1-3/h4-5,9,12,22-23H,1-3,6-8,10,19H2,(H,20,21);. The Labute approximate surface area is 163 Å². The van der Waals surface area contributed by atoms with Gasteiger partial charge in [-0.05, 0) is 36.9 Å². The van der Waals surface area contributed by atoms with E-state index in [0.717, 1.165) is 24.8 Å². The van der Waals surface area contributed by atoms with Crippen LogP contribution in [0.1, 0.15) is 31.2 Å². The number of carbonyl (C=O) groups excluding carboxylic acids is 3. The average molecular weight is 405 g/mol. The summed E-state index contributed by atoms with van der Waals surface area (Å²) in [6.45, 7) is 0.518. The molecular weight excluding hydrogens is 382 g/mol. The maximum atomic E-state index is 11.8. The lowest BCUT2D eigenvalue weighted by Crippen LogP contribution is -2.31. The minimum atomic E-state index is -1.24. The lowest BCUT2D eigenvalue weighted by atomic mass is 9.83. The van der Waals surface area contributed by atoms with E-state index in [9.17, 15) is 4.79 Å². The molecule has 144 valence electrons. The normalized spacial score (nSPS) is 11.0. The SMILES string of the molecule is NC(CCCCB(O)O)CCNC(=O)Cc1ccc(Cl)c(Cl)c1.O=C=O. The van der Waals surface area contributed by atoms with Crippen molar-refractivity contribution in [3.8, 4) is 0 Å². The predicted octanol–water partition coefficient (Wildman–Crippen LogP) is 1.43. The van der Waals surface area contributed by atoms with E-state index in [1.807, 2.05) is 0 Å². The Bertz CT molecular complexity index is 584. The summed E-state index contributed by atoms with van der Waals surface area (Å²) in [5.74, 6) is -0.0843. The van der Waals surface area contributed by atoms with E-state index in [1.165, 1.54) is 0 Å². The summed E-state index contributed by atoms with van der Waals surface area (Å²) < 4.78 is 0. The van der Waals surface area contributed by atoms with Crippen LogP contribution in [0.4, 0.5) is 0 Å². The molecule has 0 spiro atoms. The maximum Gasteiger partial charge on any atom is 0.451 e. The summed E-state index contributed by atoms with van der Waals surface area (Å²) >= 11 is 11.7. The minimum absolute atomic E-state index is 0.00360. The predicted molar refractivity (Wildman–Crippen MR) is 99.6 cm³/mol. The van der Waals surface area contributed by atoms with Crippen LogP contribution in [-0.2, 0) is 20.8 Å². The number of carbonyl (C=O) groups is 1. The number of rotatable bonds is 10. The topological polar surface area (TPSA) is 130 Å². The van der Waals surface area contributed by atoms with Crippen molar-refractivity contribution in [1.82, 2.24) is 5.32 Å². The quantitative estimate of drug-likeness (QED) is 0.344. The molecule has 0 saturated heterocycles. The van der Waals surface area contributed by atoms with E-state index >= 15 is 0 Å². The van der Waals surface area contributed by atoms with E-state index < -0.39 is 7.12 Å². The van der Waals surface area contributed by atoms with Crippen LogP contribution >= 0.6 is 23.2 Å². The van der Waals surface area contributed by atoms with Crippen LogP contribution in [-0.4, -0.2) is 41.8 Å². The van der Waals surface area contributed by atoms with Crippen LogP contribution in [0.25, 0.3) is 0 Å². The molecule has 26 heavy (non-hydrogen) atoms. The summed E-state index contributed by atoms with van der Waals surface area (Å²) in [7, 11) is -1.24. The van der Waals surface area contributed by atoms with E-state index in [-0.39, 0.29) is 24.5 Å². The van der Waals surface area contributed by atoms with Crippen molar-refractivity contribution in [2.45, 2.75) is 44.5 Å². The fourth-order valence-corrected chi connectivity index (χ4v) is 2.49. The van der Waals surface area contributed by atoms with Crippen LogP contribution < -0.4 is 11.1 Å². The molecule has 1 rings (SSSR count). The molecule has 1 unspecified atom stereocenters. The first-order valence-corrected chi connectivity index (χ1v) is 8.87. The Hall–Kier alpha value is -1.41. The lowest BCUT2D eigenvalue weighted by molar-refractivity contribution is -0.191. The first-order valence-electron chi connectivity index (χ1n) is 8.11. The molecule has 0 radical (unpaired) electrons. The van der Waals surface area contributed by atoms with E-state index in [0.29, 0.717) is 29.3 Å². The Balaban J connectivity index is 0.00000194. The molecule has 1 aromatic carbocycles. The largest absolute Gasteiger partial charge is 0.451 e. The molecule has 10 heteroatoms. The van der Waals surface area contributed by atoms with Crippen molar-refractivity contribution in [1.29, 1.82) is 0 Å². The second kappa shape index (κ2) is 14.7. The molecule has 5 N–H and O–H groups in total. The van der Waals surface area contributed by atoms with Crippen LogP contribution in [0.2, 0.25) is 16.4 Å². The Kier molecular flexibility index (Phi) is 13.9. The summed E-state index contributed by atoms with van der Waals surface area (Å²) in [5.41, 5.74) is 6.77. The van der Waals surface area contributed by atoms with Gasteiger partial charge in [-0.15, -0.1) is 0 Å². The maximum absolute atomic E-state index is 11.8. The highest BCUT2D eigenvalue weighted by Crippen LogP contribution is 2.22. The van der Waals surface area contributed by atoms with E-state index in [4.69, 9.17) is 48.6 Å². The summed E-state index contributed by atoms with van der Waals surface area (Å²) in [5, 5.41) is 21.2. The smallest absolute Gasteiger partial charge is 0.427 e. The summed E-state index contributed by atoms with van der Waals surface area (Å²) in [6.07, 6.45) is 3.93. The first-order chi connectivity index (χ1) is 12.3. The molecule has 0 bridgehead atoms. The van der Waals surface area contributed by atoms with Crippen molar-refractivity contribution in [2.75, 3.05) is 6.54 Å². The highest BCUT2D eigenvalue weighted by molar-refractivity contribution is 6.42. The van der Waals surface area contributed by atoms with Crippen LogP contribution in [0, 0.1) is 0 Å². The molecule has 0 aromatic heterocycles. The van der Waals surface area contributed by atoms with Gasteiger partial charge in [-0.1, -0.05) is 42.1 Å². The van der Waals surface area contributed by atoms with Crippen molar-refractivity contribution in [3.63, 3.8) is 0 Å². The number of unbranched alkanes of at least 4 members (excludes halogenated alkanes) is 1. The molecule has 0 aliphatic heterocycles.